The highest BCUT2D eigenvalue weighted by Crippen LogP contribution is 2.38. The third-order valence-corrected chi connectivity index (χ3v) is 6.84. The number of nitrogens with one attached hydrogen (secondary N) is 2. The number of benzene rings is 3. The van der Waals surface area contributed by atoms with Crippen LogP contribution in [0.4, 0.5) is 16.0 Å². The quantitative estimate of drug-likeness (QED) is 0.266. The molecule has 0 radical (unpaired) electrons. The van der Waals surface area contributed by atoms with Crippen LogP contribution >= 0.6 is 22.7 Å². The zero-order valence-electron chi connectivity index (χ0n) is 16.6. The van der Waals surface area contributed by atoms with Gasteiger partial charge in [-0.3, -0.25) is 0 Å². The van der Waals surface area contributed by atoms with Crippen LogP contribution in [0.1, 0.15) is 5.56 Å². The number of thiazole rings is 2. The third-order valence-electron chi connectivity index (χ3n) is 4.83. The van der Waals surface area contributed by atoms with Crippen molar-refractivity contribution in [3.63, 3.8) is 0 Å². The van der Waals surface area contributed by atoms with Gasteiger partial charge in [-0.15, -0.1) is 0 Å². The first-order valence-electron chi connectivity index (χ1n) is 9.95. The number of aromatic nitrogens is 2. The molecule has 0 saturated heterocycles. The Hall–Kier alpha value is -3.42. The van der Waals surface area contributed by atoms with Crippen molar-refractivity contribution in [2.75, 3.05) is 17.2 Å². The van der Waals surface area contributed by atoms with E-state index in [2.05, 4.69) is 38.8 Å². The van der Waals surface area contributed by atoms with Gasteiger partial charge in [-0.2, -0.15) is 4.98 Å². The minimum absolute atomic E-state index is 0.0521. The number of hydrogen-bond donors (Lipinski definition) is 3. The van der Waals surface area contributed by atoms with Crippen LogP contribution in [0.5, 0.6) is 5.88 Å². The molecular weight excluding hydrogens is 424 g/mol. The molecule has 0 amide bonds. The summed E-state index contributed by atoms with van der Waals surface area (Å²) in [5.41, 5.74) is 4.18. The van der Waals surface area contributed by atoms with Gasteiger partial charge in [-0.25, -0.2) is 4.98 Å². The molecule has 0 atom stereocenters. The molecule has 3 aromatic carbocycles. The molecule has 0 unspecified atom stereocenters. The van der Waals surface area contributed by atoms with E-state index < -0.39 is 0 Å². The summed E-state index contributed by atoms with van der Waals surface area (Å²) in [6.07, 6.45) is 0.909. The maximum absolute atomic E-state index is 10.2. The number of aromatic hydroxyl groups is 1. The summed E-state index contributed by atoms with van der Waals surface area (Å²) >= 11 is 3.12. The molecule has 7 heteroatoms. The van der Waals surface area contributed by atoms with Crippen molar-refractivity contribution in [3.8, 4) is 16.3 Å². The molecule has 0 bridgehead atoms. The van der Waals surface area contributed by atoms with E-state index in [1.807, 2.05) is 60.7 Å². The van der Waals surface area contributed by atoms with Crippen molar-refractivity contribution >= 4 is 48.8 Å². The predicted molar refractivity (Wildman–Crippen MR) is 131 cm³/mol. The van der Waals surface area contributed by atoms with Crippen LogP contribution in [-0.4, -0.2) is 21.6 Å². The molecule has 0 saturated carbocycles. The van der Waals surface area contributed by atoms with E-state index >= 15 is 0 Å². The summed E-state index contributed by atoms with van der Waals surface area (Å²) in [4.78, 5) is 9.62. The largest absolute Gasteiger partial charge is 0.492 e. The lowest BCUT2D eigenvalue weighted by Crippen LogP contribution is -2.04. The third kappa shape index (κ3) is 4.52. The second-order valence-corrected chi connectivity index (χ2v) is 9.05. The van der Waals surface area contributed by atoms with E-state index in [1.165, 1.54) is 21.6 Å². The molecule has 0 aliphatic rings. The first-order chi connectivity index (χ1) is 15.2. The average molecular weight is 445 g/mol. The number of anilines is 3. The number of nitrogens with zero attached hydrogens (tertiary/aromatic N) is 2. The standard InChI is InChI=1S/C24H20N4OS2/c29-22-21(17-6-2-1-3-7-17)31-24(28-22)26-18-12-10-16(11-13-18)14-15-25-23-27-19-8-4-5-9-20(19)30-23/h1-13,29H,14-15H2,(H,25,27)(H,26,28). The van der Waals surface area contributed by atoms with Gasteiger partial charge in [-0.1, -0.05) is 77.3 Å². The van der Waals surface area contributed by atoms with Crippen LogP contribution in [0, 0.1) is 0 Å². The monoisotopic (exact) mass is 444 g/mol. The lowest BCUT2D eigenvalue weighted by Gasteiger charge is -2.06. The SMILES string of the molecule is Oc1nc(Nc2ccc(CCNc3nc4ccccc4s3)cc2)sc1-c1ccccc1. The fourth-order valence-corrected chi connectivity index (χ4v) is 5.06. The highest BCUT2D eigenvalue weighted by atomic mass is 32.1. The Labute approximate surface area is 188 Å². The molecule has 2 aromatic heterocycles. The Morgan fingerprint density at radius 3 is 2.35 bits per heavy atom. The summed E-state index contributed by atoms with van der Waals surface area (Å²) in [6, 6.07) is 26.2. The van der Waals surface area contributed by atoms with Crippen LogP contribution in [0.3, 0.4) is 0 Å². The van der Waals surface area contributed by atoms with Crippen LogP contribution in [0.2, 0.25) is 0 Å². The van der Waals surface area contributed by atoms with Crippen molar-refractivity contribution in [1.29, 1.82) is 0 Å². The van der Waals surface area contributed by atoms with Crippen molar-refractivity contribution in [1.82, 2.24) is 9.97 Å². The molecule has 31 heavy (non-hydrogen) atoms. The molecule has 0 aliphatic heterocycles. The second-order valence-electron chi connectivity index (χ2n) is 7.02. The van der Waals surface area contributed by atoms with Crippen LogP contribution < -0.4 is 10.6 Å². The molecule has 0 aliphatic carbocycles. The molecular formula is C24H20N4OS2. The Kier molecular flexibility index (Phi) is 5.52. The Balaban J connectivity index is 1.18. The fourth-order valence-electron chi connectivity index (χ4n) is 3.28. The second kappa shape index (κ2) is 8.75. The first-order valence-corrected chi connectivity index (χ1v) is 11.6. The van der Waals surface area contributed by atoms with E-state index in [0.29, 0.717) is 5.13 Å². The molecule has 5 rings (SSSR count). The van der Waals surface area contributed by atoms with Crippen molar-refractivity contribution in [2.45, 2.75) is 6.42 Å². The summed E-state index contributed by atoms with van der Waals surface area (Å²) in [6.45, 7) is 0.827. The van der Waals surface area contributed by atoms with Crippen molar-refractivity contribution in [3.05, 3.63) is 84.4 Å². The summed E-state index contributed by atoms with van der Waals surface area (Å²) in [5, 5.41) is 18.5. The minimum Gasteiger partial charge on any atom is -0.492 e. The van der Waals surface area contributed by atoms with Crippen molar-refractivity contribution < 1.29 is 5.11 Å². The van der Waals surface area contributed by atoms with Crippen LogP contribution in [0.15, 0.2) is 78.9 Å². The van der Waals surface area contributed by atoms with Gasteiger partial charge in [0.05, 0.1) is 15.1 Å². The maximum atomic E-state index is 10.2. The van der Waals surface area contributed by atoms with Gasteiger partial charge in [0.25, 0.3) is 0 Å². The first kappa shape index (κ1) is 19.5. The Morgan fingerprint density at radius 1 is 0.774 bits per heavy atom. The van der Waals surface area contributed by atoms with Gasteiger partial charge in [0.15, 0.2) is 10.3 Å². The van der Waals surface area contributed by atoms with Gasteiger partial charge < -0.3 is 15.7 Å². The maximum Gasteiger partial charge on any atom is 0.232 e. The smallest absolute Gasteiger partial charge is 0.232 e. The summed E-state index contributed by atoms with van der Waals surface area (Å²) in [7, 11) is 0. The number of fused-ring (bicyclic) bond motifs is 1. The van der Waals surface area contributed by atoms with Gasteiger partial charge in [-0.05, 0) is 41.8 Å². The number of hydrogen-bond acceptors (Lipinski definition) is 7. The van der Waals surface area contributed by atoms with Gasteiger partial charge in [0, 0.05) is 12.2 Å². The average Bonchev–Trinajstić information content (AvgIpc) is 3.38. The summed E-state index contributed by atoms with van der Waals surface area (Å²) in [5.74, 6) is 0.0521. The lowest BCUT2D eigenvalue weighted by atomic mass is 10.1. The Bertz CT molecular complexity index is 1260. The molecule has 0 fully saturated rings. The number of para-hydroxylation sites is 1. The molecule has 154 valence electrons. The van der Waals surface area contributed by atoms with Crippen LogP contribution in [-0.2, 0) is 6.42 Å². The zero-order valence-corrected chi connectivity index (χ0v) is 18.2. The van der Waals surface area contributed by atoms with E-state index in [9.17, 15) is 5.11 Å². The highest BCUT2D eigenvalue weighted by Gasteiger charge is 2.12. The van der Waals surface area contributed by atoms with E-state index in [4.69, 9.17) is 0 Å². The van der Waals surface area contributed by atoms with E-state index in [1.54, 1.807) is 11.3 Å². The van der Waals surface area contributed by atoms with Gasteiger partial charge in [0.1, 0.15) is 0 Å². The van der Waals surface area contributed by atoms with Crippen LogP contribution in [0.25, 0.3) is 20.7 Å². The number of rotatable bonds is 7. The fraction of sp³-hybridized carbons (Fsp3) is 0.0833. The predicted octanol–water partition coefficient (Wildman–Crippen LogP) is 6.52. The molecule has 0 spiro atoms. The molecule has 3 N–H and O–H groups in total. The molecule has 5 nitrogen and oxygen atoms in total. The normalized spacial score (nSPS) is 11.0. The van der Waals surface area contributed by atoms with Crippen molar-refractivity contribution in [2.24, 2.45) is 0 Å². The Morgan fingerprint density at radius 2 is 1.55 bits per heavy atom. The summed E-state index contributed by atoms with van der Waals surface area (Å²) < 4.78 is 1.20. The van der Waals surface area contributed by atoms with E-state index in [-0.39, 0.29) is 5.88 Å². The van der Waals surface area contributed by atoms with Gasteiger partial charge >= 0.3 is 0 Å². The molecule has 2 heterocycles. The lowest BCUT2D eigenvalue weighted by molar-refractivity contribution is 0.460. The topological polar surface area (TPSA) is 70.1 Å². The van der Waals surface area contributed by atoms with E-state index in [0.717, 1.165) is 39.7 Å². The minimum atomic E-state index is 0.0521. The zero-order chi connectivity index (χ0) is 21.0. The highest BCUT2D eigenvalue weighted by molar-refractivity contribution is 7.22. The van der Waals surface area contributed by atoms with Gasteiger partial charge in [0.2, 0.25) is 5.88 Å². The molecule has 5 aromatic rings.